The van der Waals surface area contributed by atoms with Crippen molar-refractivity contribution in [3.63, 3.8) is 0 Å². The largest absolute Gasteiger partial charge is 0.459 e. The summed E-state index contributed by atoms with van der Waals surface area (Å²) < 4.78 is 16.5. The Morgan fingerprint density at radius 3 is 2.77 bits per heavy atom. The van der Waals surface area contributed by atoms with Gasteiger partial charge in [-0.15, -0.1) is 20.4 Å². The van der Waals surface area contributed by atoms with Crippen LogP contribution in [0.25, 0.3) is 34.0 Å². The van der Waals surface area contributed by atoms with Crippen molar-refractivity contribution in [3.05, 3.63) is 54.7 Å². The van der Waals surface area contributed by atoms with Crippen LogP contribution in [0.15, 0.2) is 67.3 Å². The van der Waals surface area contributed by atoms with E-state index in [-0.39, 0.29) is 0 Å². The second-order valence-corrected chi connectivity index (χ2v) is 6.31. The van der Waals surface area contributed by atoms with Gasteiger partial charge in [-0.25, -0.2) is 0 Å². The first-order chi connectivity index (χ1) is 12.9. The summed E-state index contributed by atoms with van der Waals surface area (Å²) in [7, 11) is 0. The van der Waals surface area contributed by atoms with Crippen LogP contribution >= 0.6 is 11.8 Å². The van der Waals surface area contributed by atoms with E-state index < -0.39 is 0 Å². The molecule has 4 heterocycles. The van der Waals surface area contributed by atoms with Crippen molar-refractivity contribution < 1.29 is 13.3 Å². The first-order valence-electron chi connectivity index (χ1n) is 7.76. The minimum Gasteiger partial charge on any atom is -0.459 e. The fourth-order valence-electron chi connectivity index (χ4n) is 2.56. The summed E-state index contributed by atoms with van der Waals surface area (Å²) in [5, 5.41) is 17.6. The Labute approximate surface area is 150 Å². The Bertz CT molecular complexity index is 1160. The van der Waals surface area contributed by atoms with Crippen molar-refractivity contribution in [1.82, 2.24) is 25.4 Å². The molecule has 0 radical (unpaired) electrons. The summed E-state index contributed by atoms with van der Waals surface area (Å²) in [6.45, 7) is 0. The van der Waals surface area contributed by atoms with Gasteiger partial charge in [0.05, 0.1) is 17.6 Å². The maximum atomic E-state index is 5.75. The second kappa shape index (κ2) is 6.19. The van der Waals surface area contributed by atoms with Crippen molar-refractivity contribution in [2.45, 2.75) is 11.0 Å². The highest BCUT2D eigenvalue weighted by atomic mass is 32.2. The van der Waals surface area contributed by atoms with E-state index in [1.807, 2.05) is 30.5 Å². The second-order valence-electron chi connectivity index (χ2n) is 5.39. The highest BCUT2D eigenvalue weighted by Gasteiger charge is 2.15. The molecule has 0 aliphatic rings. The third kappa shape index (κ3) is 2.68. The Morgan fingerprint density at radius 1 is 0.923 bits per heavy atom. The van der Waals surface area contributed by atoms with Gasteiger partial charge in [0.1, 0.15) is 0 Å². The van der Waals surface area contributed by atoms with E-state index in [1.165, 1.54) is 11.8 Å². The van der Waals surface area contributed by atoms with Crippen molar-refractivity contribution in [1.29, 1.82) is 0 Å². The van der Waals surface area contributed by atoms with Crippen LogP contribution in [-0.4, -0.2) is 25.4 Å². The number of fused-ring (bicyclic) bond motifs is 1. The summed E-state index contributed by atoms with van der Waals surface area (Å²) in [5.74, 6) is 2.22. The van der Waals surface area contributed by atoms with Crippen LogP contribution in [0, 0.1) is 0 Å². The van der Waals surface area contributed by atoms with Gasteiger partial charge in [0.2, 0.25) is 5.89 Å². The normalized spacial score (nSPS) is 11.4. The molecule has 0 atom stereocenters. The van der Waals surface area contributed by atoms with Crippen LogP contribution in [0.5, 0.6) is 0 Å². The van der Waals surface area contributed by atoms with E-state index in [2.05, 4.69) is 25.4 Å². The summed E-state index contributed by atoms with van der Waals surface area (Å²) in [6, 6.07) is 11.5. The number of H-pyrrole nitrogens is 1. The number of aromatic nitrogens is 5. The number of para-hydroxylation sites is 1. The predicted molar refractivity (Wildman–Crippen MR) is 93.2 cm³/mol. The maximum Gasteiger partial charge on any atom is 0.283 e. The lowest BCUT2D eigenvalue weighted by Gasteiger charge is -1.92. The molecular weight excluding hydrogens is 354 g/mol. The lowest BCUT2D eigenvalue weighted by Crippen LogP contribution is -1.80. The molecule has 0 bridgehead atoms. The van der Waals surface area contributed by atoms with Crippen molar-refractivity contribution in [2.75, 3.05) is 0 Å². The fourth-order valence-corrected chi connectivity index (χ4v) is 3.16. The van der Waals surface area contributed by atoms with E-state index in [4.69, 9.17) is 13.3 Å². The molecule has 0 saturated carbocycles. The lowest BCUT2D eigenvalue weighted by molar-refractivity contribution is 0.463. The molecule has 5 aromatic rings. The summed E-state index contributed by atoms with van der Waals surface area (Å²) in [6.07, 6.45) is 3.42. The zero-order valence-electron chi connectivity index (χ0n) is 13.2. The third-order valence-electron chi connectivity index (χ3n) is 3.74. The average molecular weight is 365 g/mol. The van der Waals surface area contributed by atoms with Crippen molar-refractivity contribution in [3.8, 4) is 23.1 Å². The molecule has 0 aliphatic heterocycles. The highest BCUT2D eigenvalue weighted by molar-refractivity contribution is 7.98. The topological polar surface area (TPSA) is 107 Å². The quantitative estimate of drug-likeness (QED) is 0.463. The van der Waals surface area contributed by atoms with Crippen LogP contribution in [0.1, 0.15) is 5.89 Å². The van der Waals surface area contributed by atoms with Crippen LogP contribution in [0.4, 0.5) is 0 Å². The minimum atomic E-state index is 0.343. The first kappa shape index (κ1) is 15.0. The molecule has 9 heteroatoms. The van der Waals surface area contributed by atoms with E-state index in [1.54, 1.807) is 18.4 Å². The van der Waals surface area contributed by atoms with E-state index in [0.29, 0.717) is 34.4 Å². The van der Waals surface area contributed by atoms with Crippen molar-refractivity contribution in [2.24, 2.45) is 0 Å². The van der Waals surface area contributed by atoms with Crippen LogP contribution in [0.2, 0.25) is 0 Å². The Balaban J connectivity index is 1.32. The molecule has 26 heavy (non-hydrogen) atoms. The van der Waals surface area contributed by atoms with Gasteiger partial charge in [-0.1, -0.05) is 30.0 Å². The van der Waals surface area contributed by atoms with Crippen molar-refractivity contribution >= 4 is 22.7 Å². The number of rotatable bonds is 5. The van der Waals surface area contributed by atoms with Gasteiger partial charge in [0, 0.05) is 17.1 Å². The molecule has 1 N–H and O–H groups in total. The van der Waals surface area contributed by atoms with Gasteiger partial charge in [-0.3, -0.25) is 0 Å². The zero-order valence-corrected chi connectivity index (χ0v) is 14.1. The number of nitrogens with one attached hydrogen (secondary N) is 1. The van der Waals surface area contributed by atoms with Gasteiger partial charge in [-0.2, -0.15) is 0 Å². The first-order valence-corrected chi connectivity index (χ1v) is 8.74. The van der Waals surface area contributed by atoms with Gasteiger partial charge in [0.25, 0.3) is 17.0 Å². The molecule has 128 valence electrons. The zero-order chi connectivity index (χ0) is 17.3. The molecule has 8 nitrogen and oxygen atoms in total. The predicted octanol–water partition coefficient (Wildman–Crippen LogP) is 4.15. The number of thioether (sulfide) groups is 1. The number of aromatic amines is 1. The number of hydrogen-bond donors (Lipinski definition) is 1. The maximum absolute atomic E-state index is 5.75. The van der Waals surface area contributed by atoms with Gasteiger partial charge in [-0.05, 0) is 18.2 Å². The van der Waals surface area contributed by atoms with E-state index in [9.17, 15) is 0 Å². The van der Waals surface area contributed by atoms with Gasteiger partial charge < -0.3 is 18.2 Å². The smallest absolute Gasteiger partial charge is 0.283 e. The molecule has 0 fully saturated rings. The fraction of sp³-hybridized carbons (Fsp3) is 0.0588. The van der Waals surface area contributed by atoms with Crippen LogP contribution in [-0.2, 0) is 5.75 Å². The van der Waals surface area contributed by atoms with E-state index in [0.717, 1.165) is 16.5 Å². The number of benzene rings is 1. The Hall–Kier alpha value is -3.33. The number of furan rings is 1. The number of nitrogens with zero attached hydrogens (tertiary/aromatic N) is 4. The molecule has 0 saturated heterocycles. The van der Waals surface area contributed by atoms with Crippen LogP contribution < -0.4 is 0 Å². The molecule has 1 aromatic carbocycles. The van der Waals surface area contributed by atoms with Gasteiger partial charge in [0.15, 0.2) is 5.76 Å². The minimum absolute atomic E-state index is 0.343. The van der Waals surface area contributed by atoms with Gasteiger partial charge >= 0.3 is 0 Å². The molecule has 0 aliphatic carbocycles. The standard InChI is InChI=1S/C17H11N5O3S/c1-2-5-12-10(4-1)11(8-18-12)15-20-22-17(25-15)26-9-14-19-21-16(24-14)13-6-3-7-23-13/h1-8,18H,9H2. The molecule has 0 unspecified atom stereocenters. The molecule has 5 rings (SSSR count). The molecule has 4 aromatic heterocycles. The Kier molecular flexibility index (Phi) is 3.56. The monoisotopic (exact) mass is 365 g/mol. The Morgan fingerprint density at radius 2 is 1.85 bits per heavy atom. The lowest BCUT2D eigenvalue weighted by atomic mass is 10.2. The SMILES string of the molecule is c1coc(-c2nnc(CSc3nnc(-c4c[nH]c5ccccc45)o3)o2)c1. The molecule has 0 spiro atoms. The number of hydrogen-bond acceptors (Lipinski definition) is 8. The average Bonchev–Trinajstić information content (AvgIpc) is 3.46. The molecule has 0 amide bonds. The summed E-state index contributed by atoms with van der Waals surface area (Å²) in [4.78, 5) is 3.19. The third-order valence-corrected chi connectivity index (χ3v) is 4.55. The summed E-state index contributed by atoms with van der Waals surface area (Å²) >= 11 is 1.33. The summed E-state index contributed by atoms with van der Waals surface area (Å²) in [5.41, 5.74) is 1.89. The van der Waals surface area contributed by atoms with Crippen LogP contribution in [0.3, 0.4) is 0 Å². The highest BCUT2D eigenvalue weighted by Crippen LogP contribution is 2.30. The molecular formula is C17H11N5O3S. The van der Waals surface area contributed by atoms with E-state index >= 15 is 0 Å².